The van der Waals surface area contributed by atoms with Crippen molar-refractivity contribution < 1.29 is 0 Å². The smallest absolute Gasteiger partial charge is 0.206 e. The van der Waals surface area contributed by atoms with Gasteiger partial charge in [0, 0.05) is 13.1 Å². The topological polar surface area (TPSA) is 82.4 Å². The lowest BCUT2D eigenvalue weighted by atomic mass is 10.5. The highest BCUT2D eigenvalue weighted by atomic mass is 15.3. The Morgan fingerprint density at radius 2 is 2.46 bits per heavy atom. The van der Waals surface area contributed by atoms with Gasteiger partial charge in [0.25, 0.3) is 0 Å². The van der Waals surface area contributed by atoms with Crippen molar-refractivity contribution in [2.24, 2.45) is 0 Å². The van der Waals surface area contributed by atoms with Gasteiger partial charge in [-0.1, -0.05) is 0 Å². The Hall–Kier alpha value is -1.85. The zero-order chi connectivity index (χ0) is 8.84. The van der Waals surface area contributed by atoms with Gasteiger partial charge in [0.15, 0.2) is 11.1 Å². The van der Waals surface area contributed by atoms with E-state index in [2.05, 4.69) is 20.3 Å². The minimum atomic E-state index is 0.447. The standard InChI is InChI=1S/C7H8N6/c8-5-4-6(11-3-10-4)12-7-9-1-2-13(5)7/h3,8H,1-2H2,(H,9,12)(H,10,11). The lowest BCUT2D eigenvalue weighted by molar-refractivity contribution is 0.743. The molecule has 2 aromatic heterocycles. The number of aromatic nitrogens is 4. The van der Waals surface area contributed by atoms with Crippen LogP contribution in [-0.4, -0.2) is 26.1 Å². The number of nitrogens with one attached hydrogen (secondary N) is 3. The second-order valence-corrected chi connectivity index (χ2v) is 2.96. The largest absolute Gasteiger partial charge is 0.354 e. The zero-order valence-electron chi connectivity index (χ0n) is 6.83. The number of H-pyrrole nitrogens is 1. The Balaban J connectivity index is 2.53. The first kappa shape index (κ1) is 6.64. The highest BCUT2D eigenvalue weighted by molar-refractivity contribution is 5.69. The number of hydrogen-bond acceptors (Lipinski definition) is 4. The second kappa shape index (κ2) is 2.09. The summed E-state index contributed by atoms with van der Waals surface area (Å²) in [6.07, 6.45) is 1.56. The van der Waals surface area contributed by atoms with E-state index in [1.165, 1.54) is 0 Å². The Labute approximate surface area is 73.2 Å². The lowest BCUT2D eigenvalue weighted by Gasteiger charge is -2.01. The third-order valence-electron chi connectivity index (χ3n) is 2.21. The average molecular weight is 176 g/mol. The van der Waals surface area contributed by atoms with E-state index >= 15 is 0 Å². The van der Waals surface area contributed by atoms with Crippen LogP contribution in [0.1, 0.15) is 0 Å². The van der Waals surface area contributed by atoms with Gasteiger partial charge in [-0.3, -0.25) is 9.98 Å². The van der Waals surface area contributed by atoms with Gasteiger partial charge in [0.2, 0.25) is 5.95 Å². The molecule has 3 heterocycles. The molecule has 3 N–H and O–H groups in total. The Bertz CT molecular complexity index is 521. The van der Waals surface area contributed by atoms with Crippen molar-refractivity contribution in [2.45, 2.75) is 6.54 Å². The average Bonchev–Trinajstić information content (AvgIpc) is 2.71. The van der Waals surface area contributed by atoms with Gasteiger partial charge in [0.1, 0.15) is 5.52 Å². The first-order chi connectivity index (χ1) is 6.36. The number of rotatable bonds is 0. The van der Waals surface area contributed by atoms with Crippen LogP contribution in [-0.2, 0) is 6.54 Å². The van der Waals surface area contributed by atoms with Crippen molar-refractivity contribution in [3.8, 4) is 0 Å². The molecule has 0 spiro atoms. The summed E-state index contributed by atoms with van der Waals surface area (Å²) in [5.41, 5.74) is 1.75. The summed E-state index contributed by atoms with van der Waals surface area (Å²) in [5.74, 6) is 0.740. The first-order valence-electron chi connectivity index (χ1n) is 4.08. The molecular formula is C7H8N6. The molecule has 6 nitrogen and oxygen atoms in total. The van der Waals surface area contributed by atoms with Crippen LogP contribution in [0.4, 0.5) is 5.95 Å². The van der Waals surface area contributed by atoms with Gasteiger partial charge in [-0.15, -0.1) is 0 Å². The molecule has 6 heteroatoms. The maximum Gasteiger partial charge on any atom is 0.206 e. The fraction of sp³-hybridized carbons (Fsp3) is 0.286. The molecule has 3 rings (SSSR count). The van der Waals surface area contributed by atoms with Crippen molar-refractivity contribution in [1.29, 1.82) is 5.41 Å². The molecule has 1 aliphatic rings. The summed E-state index contributed by atoms with van der Waals surface area (Å²) >= 11 is 0. The molecule has 2 aromatic rings. The predicted molar refractivity (Wildman–Crippen MR) is 46.2 cm³/mol. The van der Waals surface area contributed by atoms with Gasteiger partial charge in [0.05, 0.1) is 6.33 Å². The van der Waals surface area contributed by atoms with E-state index in [9.17, 15) is 0 Å². The molecule has 0 aromatic carbocycles. The molecule has 0 saturated carbocycles. The Morgan fingerprint density at radius 3 is 3.38 bits per heavy atom. The molecule has 0 amide bonds. The maximum absolute atomic E-state index is 7.85. The molecule has 0 atom stereocenters. The van der Waals surface area contributed by atoms with Crippen LogP contribution in [0.25, 0.3) is 11.2 Å². The van der Waals surface area contributed by atoms with Crippen LogP contribution < -0.4 is 10.8 Å². The summed E-state index contributed by atoms with van der Waals surface area (Å²) in [5, 5.41) is 10.9. The van der Waals surface area contributed by atoms with E-state index in [1.807, 2.05) is 4.57 Å². The van der Waals surface area contributed by atoms with Gasteiger partial charge in [-0.25, -0.2) is 4.98 Å². The zero-order valence-corrected chi connectivity index (χ0v) is 6.83. The fourth-order valence-electron chi connectivity index (χ4n) is 1.58. The minimum absolute atomic E-state index is 0.447. The van der Waals surface area contributed by atoms with Crippen LogP contribution in [0.15, 0.2) is 6.33 Å². The summed E-state index contributed by atoms with van der Waals surface area (Å²) in [6.45, 7) is 1.64. The summed E-state index contributed by atoms with van der Waals surface area (Å²) in [6, 6.07) is 0. The third kappa shape index (κ3) is 0.742. The molecule has 0 aliphatic carbocycles. The molecule has 0 bridgehead atoms. The minimum Gasteiger partial charge on any atom is -0.354 e. The normalized spacial score (nSPS) is 14.5. The van der Waals surface area contributed by atoms with E-state index in [4.69, 9.17) is 5.41 Å². The monoisotopic (exact) mass is 176 g/mol. The van der Waals surface area contributed by atoms with Crippen molar-refractivity contribution in [2.75, 3.05) is 11.9 Å². The van der Waals surface area contributed by atoms with Crippen molar-refractivity contribution in [1.82, 2.24) is 19.5 Å². The van der Waals surface area contributed by atoms with Crippen molar-refractivity contribution in [3.63, 3.8) is 0 Å². The van der Waals surface area contributed by atoms with Crippen LogP contribution in [0.3, 0.4) is 0 Å². The predicted octanol–water partition coefficient (Wildman–Crippen LogP) is -0.336. The van der Waals surface area contributed by atoms with Gasteiger partial charge in [-0.2, -0.15) is 4.98 Å². The molecule has 13 heavy (non-hydrogen) atoms. The van der Waals surface area contributed by atoms with Gasteiger partial charge >= 0.3 is 0 Å². The molecule has 1 aliphatic heterocycles. The summed E-state index contributed by atoms with van der Waals surface area (Å²) in [4.78, 5) is 11.2. The Morgan fingerprint density at radius 1 is 1.54 bits per heavy atom. The molecule has 0 unspecified atom stereocenters. The van der Waals surface area contributed by atoms with Crippen molar-refractivity contribution in [3.05, 3.63) is 11.8 Å². The fourth-order valence-corrected chi connectivity index (χ4v) is 1.58. The summed E-state index contributed by atoms with van der Waals surface area (Å²) in [7, 11) is 0. The van der Waals surface area contributed by atoms with E-state index in [1.54, 1.807) is 6.33 Å². The number of hydrogen-bond donors (Lipinski definition) is 3. The molecule has 0 saturated heterocycles. The van der Waals surface area contributed by atoms with Crippen LogP contribution in [0, 0.1) is 5.41 Å². The van der Waals surface area contributed by atoms with Crippen LogP contribution in [0.2, 0.25) is 0 Å². The number of aromatic amines is 1. The number of imidazole rings is 1. The van der Waals surface area contributed by atoms with E-state index in [0.717, 1.165) is 19.0 Å². The number of fused-ring (bicyclic) bond motifs is 2. The maximum atomic E-state index is 7.85. The van der Waals surface area contributed by atoms with E-state index in [-0.39, 0.29) is 0 Å². The molecule has 0 fully saturated rings. The quantitative estimate of drug-likeness (QED) is 0.513. The highest BCUT2D eigenvalue weighted by Gasteiger charge is 2.13. The SMILES string of the molecule is N=c1c2[nH]cnc2nc2n1CCN2. The molecule has 66 valence electrons. The number of nitrogens with zero attached hydrogens (tertiary/aromatic N) is 3. The molecule has 0 radical (unpaired) electrons. The molecular weight excluding hydrogens is 168 g/mol. The number of anilines is 1. The van der Waals surface area contributed by atoms with Gasteiger partial charge < -0.3 is 10.3 Å². The third-order valence-corrected chi connectivity index (χ3v) is 2.21. The van der Waals surface area contributed by atoms with Crippen molar-refractivity contribution >= 4 is 17.1 Å². The first-order valence-corrected chi connectivity index (χ1v) is 4.08. The van der Waals surface area contributed by atoms with E-state index < -0.39 is 0 Å². The van der Waals surface area contributed by atoms with Gasteiger partial charge in [-0.05, 0) is 0 Å². The van der Waals surface area contributed by atoms with Crippen LogP contribution in [0.5, 0.6) is 0 Å². The summed E-state index contributed by atoms with van der Waals surface area (Å²) < 4.78 is 1.83. The van der Waals surface area contributed by atoms with E-state index in [0.29, 0.717) is 16.7 Å². The lowest BCUT2D eigenvalue weighted by Crippen LogP contribution is -2.19. The second-order valence-electron chi connectivity index (χ2n) is 2.96. The Kier molecular flexibility index (Phi) is 1.07. The highest BCUT2D eigenvalue weighted by Crippen LogP contribution is 2.10. The van der Waals surface area contributed by atoms with Crippen LogP contribution >= 0.6 is 0 Å².